The zero-order valence-electron chi connectivity index (χ0n) is 12.7. The van der Waals surface area contributed by atoms with Crippen LogP contribution in [0, 0.1) is 0 Å². The number of nitrogens with zero attached hydrogens (tertiary/aromatic N) is 1. The Bertz CT molecular complexity index is 545. The lowest BCUT2D eigenvalue weighted by atomic mass is 9.92. The number of fused-ring (bicyclic) bond motifs is 1. The Balaban J connectivity index is 2.02. The van der Waals surface area contributed by atoms with Crippen LogP contribution in [-0.2, 0) is 28.1 Å². The second kappa shape index (κ2) is 6.28. The van der Waals surface area contributed by atoms with E-state index >= 15 is 0 Å². The molecule has 3 rings (SSSR count). The van der Waals surface area contributed by atoms with Crippen molar-refractivity contribution in [3.8, 4) is 0 Å². The molecular formula is C16H24N2O3. The van der Waals surface area contributed by atoms with E-state index in [9.17, 15) is 4.79 Å². The monoisotopic (exact) mass is 292 g/mol. The van der Waals surface area contributed by atoms with Crippen LogP contribution < -0.4 is 5.56 Å². The van der Waals surface area contributed by atoms with E-state index in [1.165, 1.54) is 12.8 Å². The van der Waals surface area contributed by atoms with Crippen LogP contribution in [0.1, 0.15) is 62.5 Å². The van der Waals surface area contributed by atoms with Crippen molar-refractivity contribution < 1.29 is 9.47 Å². The number of H-pyrrole nitrogens is 1. The van der Waals surface area contributed by atoms with Gasteiger partial charge in [0.05, 0.1) is 24.5 Å². The van der Waals surface area contributed by atoms with E-state index in [1.807, 2.05) is 6.92 Å². The molecule has 116 valence electrons. The first-order valence-electron chi connectivity index (χ1n) is 8.09. The van der Waals surface area contributed by atoms with Crippen molar-refractivity contribution >= 4 is 0 Å². The highest BCUT2D eigenvalue weighted by Gasteiger charge is 2.37. The van der Waals surface area contributed by atoms with Crippen molar-refractivity contribution in [3.63, 3.8) is 0 Å². The van der Waals surface area contributed by atoms with Crippen molar-refractivity contribution in [2.75, 3.05) is 13.2 Å². The summed E-state index contributed by atoms with van der Waals surface area (Å²) >= 11 is 0. The number of nitrogens with one attached hydrogen (secondary N) is 1. The van der Waals surface area contributed by atoms with E-state index in [0.717, 1.165) is 37.2 Å². The predicted octanol–water partition coefficient (Wildman–Crippen LogP) is 2.43. The highest BCUT2D eigenvalue weighted by atomic mass is 16.5. The molecule has 0 spiro atoms. The van der Waals surface area contributed by atoms with Gasteiger partial charge in [-0.2, -0.15) is 0 Å². The molecule has 21 heavy (non-hydrogen) atoms. The van der Waals surface area contributed by atoms with Crippen molar-refractivity contribution in [1.29, 1.82) is 0 Å². The molecule has 0 bridgehead atoms. The molecule has 2 heterocycles. The summed E-state index contributed by atoms with van der Waals surface area (Å²) in [4.78, 5) is 20.1. The third kappa shape index (κ3) is 2.90. The van der Waals surface area contributed by atoms with E-state index in [4.69, 9.17) is 14.5 Å². The molecule has 0 atom stereocenters. The van der Waals surface area contributed by atoms with Crippen LogP contribution in [0.5, 0.6) is 0 Å². The smallest absolute Gasteiger partial charge is 0.256 e. The fourth-order valence-electron chi connectivity index (χ4n) is 3.48. The largest absolute Gasteiger partial charge is 0.376 e. The van der Waals surface area contributed by atoms with E-state index in [1.54, 1.807) is 0 Å². The normalized spacial score (nSPS) is 21.6. The molecular weight excluding hydrogens is 268 g/mol. The lowest BCUT2D eigenvalue weighted by Crippen LogP contribution is -2.36. The molecule has 1 N–H and O–H groups in total. The molecule has 0 saturated heterocycles. The molecule has 0 aromatic carbocycles. The summed E-state index contributed by atoms with van der Waals surface area (Å²) in [6.07, 6.45) is 7.33. The van der Waals surface area contributed by atoms with Crippen LogP contribution >= 0.6 is 0 Å². The van der Waals surface area contributed by atoms with Crippen LogP contribution in [0.3, 0.4) is 0 Å². The van der Waals surface area contributed by atoms with E-state index in [0.29, 0.717) is 31.8 Å². The maximum atomic E-state index is 12.3. The van der Waals surface area contributed by atoms with Gasteiger partial charge in [0.1, 0.15) is 11.4 Å². The standard InChI is InChI=1S/C16H24N2O3/c1-2-21-16(8-5-3-4-6-9-16)15-17-13-7-10-20-11-12(13)14(19)18-15/h2-11H2,1H3,(H,17,18,19). The third-order valence-electron chi connectivity index (χ3n) is 4.59. The highest BCUT2D eigenvalue weighted by Crippen LogP contribution is 2.37. The van der Waals surface area contributed by atoms with Crippen LogP contribution in [0.4, 0.5) is 0 Å². The van der Waals surface area contributed by atoms with Crippen molar-refractivity contribution in [2.24, 2.45) is 0 Å². The Morgan fingerprint density at radius 3 is 2.76 bits per heavy atom. The summed E-state index contributed by atoms with van der Waals surface area (Å²) in [5.41, 5.74) is 1.12. The average Bonchev–Trinajstić information content (AvgIpc) is 2.74. The zero-order valence-corrected chi connectivity index (χ0v) is 12.7. The van der Waals surface area contributed by atoms with Crippen LogP contribution in [0.2, 0.25) is 0 Å². The third-order valence-corrected chi connectivity index (χ3v) is 4.59. The Hall–Kier alpha value is -1.20. The molecule has 5 nitrogen and oxygen atoms in total. The molecule has 1 aliphatic carbocycles. The summed E-state index contributed by atoms with van der Waals surface area (Å²) in [6, 6.07) is 0. The maximum Gasteiger partial charge on any atom is 0.256 e. The van der Waals surface area contributed by atoms with Gasteiger partial charge in [0.25, 0.3) is 5.56 Å². The minimum Gasteiger partial charge on any atom is -0.376 e. The lowest BCUT2D eigenvalue weighted by molar-refractivity contribution is -0.0629. The molecule has 0 unspecified atom stereocenters. The second-order valence-electron chi connectivity index (χ2n) is 5.98. The van der Waals surface area contributed by atoms with Crippen molar-refractivity contribution in [2.45, 2.75) is 64.1 Å². The van der Waals surface area contributed by atoms with Crippen LogP contribution in [0.15, 0.2) is 4.79 Å². The number of rotatable bonds is 3. The Morgan fingerprint density at radius 2 is 2.05 bits per heavy atom. The first-order valence-corrected chi connectivity index (χ1v) is 8.09. The Morgan fingerprint density at radius 1 is 1.29 bits per heavy atom. The minimum atomic E-state index is -0.405. The summed E-state index contributed by atoms with van der Waals surface area (Å²) in [5, 5.41) is 0. The number of aromatic amines is 1. The molecule has 1 aliphatic heterocycles. The fourth-order valence-corrected chi connectivity index (χ4v) is 3.48. The average molecular weight is 292 g/mol. The van der Waals surface area contributed by atoms with Gasteiger partial charge in [-0.3, -0.25) is 4.79 Å². The molecule has 1 aromatic heterocycles. The molecule has 1 fully saturated rings. The summed E-state index contributed by atoms with van der Waals surface area (Å²) < 4.78 is 11.5. The molecule has 0 radical (unpaired) electrons. The fraction of sp³-hybridized carbons (Fsp3) is 0.750. The van der Waals surface area contributed by atoms with Gasteiger partial charge in [-0.1, -0.05) is 25.7 Å². The first-order chi connectivity index (χ1) is 10.2. The summed E-state index contributed by atoms with van der Waals surface area (Å²) in [6.45, 7) is 3.67. The highest BCUT2D eigenvalue weighted by molar-refractivity contribution is 5.21. The number of hydrogen-bond donors (Lipinski definition) is 1. The van der Waals surface area contributed by atoms with E-state index in [-0.39, 0.29) is 5.56 Å². The van der Waals surface area contributed by atoms with Crippen molar-refractivity contribution in [1.82, 2.24) is 9.97 Å². The number of aromatic nitrogens is 2. The van der Waals surface area contributed by atoms with Gasteiger partial charge in [0.15, 0.2) is 0 Å². The van der Waals surface area contributed by atoms with Gasteiger partial charge in [-0.25, -0.2) is 4.98 Å². The lowest BCUT2D eigenvalue weighted by Gasteiger charge is -2.32. The maximum absolute atomic E-state index is 12.3. The molecule has 1 saturated carbocycles. The molecule has 0 amide bonds. The van der Waals surface area contributed by atoms with Gasteiger partial charge in [-0.05, 0) is 19.8 Å². The van der Waals surface area contributed by atoms with E-state index in [2.05, 4.69) is 4.98 Å². The van der Waals surface area contributed by atoms with Gasteiger partial charge in [0.2, 0.25) is 0 Å². The topological polar surface area (TPSA) is 64.2 Å². The number of hydrogen-bond acceptors (Lipinski definition) is 4. The Kier molecular flexibility index (Phi) is 4.40. The minimum absolute atomic E-state index is 0.0574. The predicted molar refractivity (Wildman–Crippen MR) is 79.2 cm³/mol. The Labute approximate surface area is 125 Å². The van der Waals surface area contributed by atoms with Crippen LogP contribution in [0.25, 0.3) is 0 Å². The first kappa shape index (κ1) is 14.7. The second-order valence-corrected chi connectivity index (χ2v) is 5.98. The van der Waals surface area contributed by atoms with Gasteiger partial charge >= 0.3 is 0 Å². The van der Waals surface area contributed by atoms with Crippen LogP contribution in [-0.4, -0.2) is 23.2 Å². The number of ether oxygens (including phenoxy) is 2. The van der Waals surface area contributed by atoms with E-state index < -0.39 is 5.60 Å². The molecule has 2 aliphatic rings. The van der Waals surface area contributed by atoms with Gasteiger partial charge in [0, 0.05) is 13.0 Å². The quantitative estimate of drug-likeness (QED) is 0.869. The van der Waals surface area contributed by atoms with Gasteiger partial charge < -0.3 is 14.5 Å². The molecule has 5 heteroatoms. The van der Waals surface area contributed by atoms with Crippen molar-refractivity contribution in [3.05, 3.63) is 27.4 Å². The summed E-state index contributed by atoms with van der Waals surface area (Å²) in [7, 11) is 0. The SMILES string of the molecule is CCOC1(c2nc3c(c(=O)[nH]2)COCC3)CCCCCC1. The zero-order chi connectivity index (χ0) is 14.7. The summed E-state index contributed by atoms with van der Waals surface area (Å²) in [5.74, 6) is 0.733. The van der Waals surface area contributed by atoms with Gasteiger partial charge in [-0.15, -0.1) is 0 Å². The molecule has 1 aromatic rings.